The van der Waals surface area contributed by atoms with Crippen molar-refractivity contribution >= 4 is 39.0 Å². The highest BCUT2D eigenvalue weighted by Gasteiger charge is 2.51. The van der Waals surface area contributed by atoms with E-state index in [0.29, 0.717) is 0 Å². The van der Waals surface area contributed by atoms with E-state index in [1.165, 1.54) is 72.4 Å². The molecule has 8 aromatic carbocycles. The van der Waals surface area contributed by atoms with Gasteiger partial charge in [0.1, 0.15) is 11.2 Å². The van der Waals surface area contributed by atoms with Crippen LogP contribution in [0.4, 0.5) is 17.1 Å². The van der Waals surface area contributed by atoms with Crippen LogP contribution in [-0.4, -0.2) is 0 Å². The Balaban J connectivity index is 1.20. The Morgan fingerprint density at radius 2 is 1.00 bits per heavy atom. The van der Waals surface area contributed by atoms with Crippen molar-refractivity contribution in [1.82, 2.24) is 0 Å². The van der Waals surface area contributed by atoms with Crippen LogP contribution in [0.3, 0.4) is 0 Å². The number of hydrogen-bond donors (Lipinski definition) is 0. The van der Waals surface area contributed by atoms with Crippen LogP contribution in [0.15, 0.2) is 180 Å². The van der Waals surface area contributed by atoms with Gasteiger partial charge in [-0.2, -0.15) is 0 Å². The SMILES string of the molecule is CC1(C)CC(C)(C)c2cc3c(cc21)-c1c(N(c2ccc4c(c2)C(C)(C)c2ccccc2-4)c2ccc4oc5ccccc5c4c2)cccc1C3(c1ccccc1)c1ccccc1. The van der Waals surface area contributed by atoms with Crippen molar-refractivity contribution in [2.45, 2.75) is 69.6 Å². The molecule has 0 radical (unpaired) electrons. The maximum absolute atomic E-state index is 6.43. The Morgan fingerprint density at radius 1 is 0.410 bits per heavy atom. The lowest BCUT2D eigenvalue weighted by atomic mass is 9.67. The maximum Gasteiger partial charge on any atom is 0.135 e. The van der Waals surface area contributed by atoms with Gasteiger partial charge in [0.2, 0.25) is 0 Å². The molecule has 296 valence electrons. The van der Waals surface area contributed by atoms with Crippen LogP contribution < -0.4 is 4.90 Å². The van der Waals surface area contributed by atoms with Crippen molar-refractivity contribution in [1.29, 1.82) is 0 Å². The van der Waals surface area contributed by atoms with Gasteiger partial charge in [-0.3, -0.25) is 0 Å². The number of furan rings is 1. The molecule has 0 fully saturated rings. The summed E-state index contributed by atoms with van der Waals surface area (Å²) < 4.78 is 6.43. The van der Waals surface area contributed by atoms with Gasteiger partial charge in [-0.05, 0) is 127 Å². The number of nitrogens with zero attached hydrogens (tertiary/aromatic N) is 1. The minimum Gasteiger partial charge on any atom is -0.456 e. The summed E-state index contributed by atoms with van der Waals surface area (Å²) in [6.07, 6.45) is 1.11. The van der Waals surface area contributed by atoms with E-state index in [1.807, 2.05) is 0 Å². The van der Waals surface area contributed by atoms with Gasteiger partial charge in [-0.15, -0.1) is 0 Å². The lowest BCUT2D eigenvalue weighted by Gasteiger charge is -2.35. The quantitative estimate of drug-likeness (QED) is 0.173. The van der Waals surface area contributed by atoms with Gasteiger partial charge in [0, 0.05) is 33.1 Å². The van der Waals surface area contributed by atoms with Crippen LogP contribution in [0.5, 0.6) is 0 Å². The third-order valence-corrected chi connectivity index (χ3v) is 14.7. The summed E-state index contributed by atoms with van der Waals surface area (Å²) in [5.74, 6) is 0. The molecule has 9 aromatic rings. The predicted octanol–water partition coefficient (Wildman–Crippen LogP) is 15.7. The Kier molecular flexibility index (Phi) is 7.40. The Bertz CT molecular complexity index is 3210. The van der Waals surface area contributed by atoms with E-state index < -0.39 is 5.41 Å². The average molecular weight is 788 g/mol. The Labute approximate surface area is 359 Å². The number of rotatable bonds is 5. The van der Waals surface area contributed by atoms with Gasteiger partial charge in [0.15, 0.2) is 0 Å². The molecule has 0 amide bonds. The zero-order valence-electron chi connectivity index (χ0n) is 35.8. The molecule has 61 heavy (non-hydrogen) atoms. The molecule has 3 aliphatic rings. The predicted molar refractivity (Wildman–Crippen MR) is 254 cm³/mol. The lowest BCUT2D eigenvalue weighted by molar-refractivity contribution is 0.403. The molecular weight excluding hydrogens is 739 g/mol. The molecule has 1 heterocycles. The molecule has 2 heteroatoms. The number of fused-ring (bicyclic) bond motifs is 10. The van der Waals surface area contributed by atoms with Crippen LogP contribution >= 0.6 is 0 Å². The van der Waals surface area contributed by atoms with Gasteiger partial charge in [-0.25, -0.2) is 0 Å². The molecule has 0 saturated heterocycles. The third-order valence-electron chi connectivity index (χ3n) is 14.7. The van der Waals surface area contributed by atoms with E-state index in [0.717, 1.165) is 39.7 Å². The standard InChI is InChI=1S/C59H49NO/c1-56(2)36-57(3,4)51-35-49-45(34-50(51)56)55-47(59(49,37-18-9-7-10-19-37)38-20-11-8-12-21-38)25-17-26-52(55)60(39-29-31-54-44(32-39)43-23-14-16-27-53(43)61-54)40-28-30-42-41-22-13-15-24-46(41)58(5,6)48(42)33-40/h7-35H,36H2,1-6H3. The van der Waals surface area contributed by atoms with Gasteiger partial charge >= 0.3 is 0 Å². The van der Waals surface area contributed by atoms with Crippen LogP contribution in [0, 0.1) is 0 Å². The van der Waals surface area contributed by atoms with Gasteiger partial charge in [-0.1, -0.05) is 169 Å². The van der Waals surface area contributed by atoms with Crippen molar-refractivity contribution in [2.24, 2.45) is 0 Å². The van der Waals surface area contributed by atoms with E-state index in [1.54, 1.807) is 0 Å². The van der Waals surface area contributed by atoms with Crippen LogP contribution in [-0.2, 0) is 21.7 Å². The number of hydrogen-bond acceptors (Lipinski definition) is 2. The largest absolute Gasteiger partial charge is 0.456 e. The monoisotopic (exact) mass is 787 g/mol. The van der Waals surface area contributed by atoms with Crippen molar-refractivity contribution in [3.8, 4) is 22.3 Å². The highest BCUT2D eigenvalue weighted by atomic mass is 16.3. The summed E-state index contributed by atoms with van der Waals surface area (Å²) in [5.41, 5.74) is 20.7. The highest BCUT2D eigenvalue weighted by molar-refractivity contribution is 6.07. The van der Waals surface area contributed by atoms with E-state index in [-0.39, 0.29) is 16.2 Å². The van der Waals surface area contributed by atoms with E-state index in [2.05, 4.69) is 222 Å². The molecule has 0 unspecified atom stereocenters. The first-order valence-electron chi connectivity index (χ1n) is 21.9. The van der Waals surface area contributed by atoms with Crippen LogP contribution in [0.2, 0.25) is 0 Å². The fourth-order valence-corrected chi connectivity index (χ4v) is 12.3. The van der Waals surface area contributed by atoms with E-state index >= 15 is 0 Å². The lowest BCUT2D eigenvalue weighted by Crippen LogP contribution is -2.29. The minimum atomic E-state index is -0.543. The second-order valence-electron chi connectivity index (χ2n) is 19.6. The fraction of sp³-hybridized carbons (Fsp3) is 0.186. The number of para-hydroxylation sites is 1. The summed E-state index contributed by atoms with van der Waals surface area (Å²) >= 11 is 0. The van der Waals surface area contributed by atoms with Crippen molar-refractivity contribution in [3.63, 3.8) is 0 Å². The van der Waals surface area contributed by atoms with Gasteiger partial charge in [0.25, 0.3) is 0 Å². The summed E-state index contributed by atoms with van der Waals surface area (Å²) in [4.78, 5) is 2.54. The molecule has 0 spiro atoms. The van der Waals surface area contributed by atoms with Crippen molar-refractivity contribution in [2.75, 3.05) is 4.90 Å². The van der Waals surface area contributed by atoms with Gasteiger partial charge in [0.05, 0.1) is 11.1 Å². The Morgan fingerprint density at radius 3 is 1.75 bits per heavy atom. The minimum absolute atomic E-state index is 0.0291. The highest BCUT2D eigenvalue weighted by Crippen LogP contribution is 2.63. The molecule has 0 atom stereocenters. The Hall–Kier alpha value is -6.64. The molecule has 0 aliphatic heterocycles. The van der Waals surface area contributed by atoms with E-state index in [9.17, 15) is 0 Å². The summed E-state index contributed by atoms with van der Waals surface area (Å²) in [7, 11) is 0. The van der Waals surface area contributed by atoms with Crippen molar-refractivity contribution in [3.05, 3.63) is 220 Å². The second kappa shape index (κ2) is 12.5. The fourth-order valence-electron chi connectivity index (χ4n) is 12.3. The topological polar surface area (TPSA) is 16.4 Å². The molecule has 1 aromatic heterocycles. The average Bonchev–Trinajstić information content (AvgIpc) is 3.92. The second-order valence-corrected chi connectivity index (χ2v) is 19.6. The molecule has 0 bridgehead atoms. The summed E-state index contributed by atoms with van der Waals surface area (Å²) in [6.45, 7) is 14.5. The zero-order chi connectivity index (χ0) is 41.5. The van der Waals surface area contributed by atoms with Crippen LogP contribution in [0.25, 0.3) is 44.2 Å². The first-order valence-corrected chi connectivity index (χ1v) is 21.9. The molecular formula is C59H49NO. The molecule has 3 aliphatic carbocycles. The van der Waals surface area contributed by atoms with E-state index in [4.69, 9.17) is 4.42 Å². The smallest absolute Gasteiger partial charge is 0.135 e. The number of benzene rings is 8. The maximum atomic E-state index is 6.43. The summed E-state index contributed by atoms with van der Waals surface area (Å²) in [6, 6.07) is 66.1. The number of anilines is 3. The molecule has 0 saturated carbocycles. The third kappa shape index (κ3) is 4.91. The molecule has 2 nitrogen and oxygen atoms in total. The molecule has 12 rings (SSSR count). The zero-order valence-corrected chi connectivity index (χ0v) is 35.8. The molecule has 0 N–H and O–H groups in total. The summed E-state index contributed by atoms with van der Waals surface area (Å²) in [5, 5.41) is 2.24. The van der Waals surface area contributed by atoms with Crippen molar-refractivity contribution < 1.29 is 4.42 Å². The normalized spacial score (nSPS) is 16.8. The first kappa shape index (κ1) is 36.2. The van der Waals surface area contributed by atoms with Crippen LogP contribution in [0.1, 0.15) is 92.5 Å². The van der Waals surface area contributed by atoms with Gasteiger partial charge < -0.3 is 9.32 Å². The first-order chi connectivity index (χ1) is 29.5.